The Morgan fingerprint density at radius 3 is 2.50 bits per heavy atom. The van der Waals surface area contributed by atoms with Gasteiger partial charge in [0.05, 0.1) is 5.69 Å². The molecule has 0 aliphatic carbocycles. The Morgan fingerprint density at radius 2 is 1.82 bits per heavy atom. The fourth-order valence-corrected chi connectivity index (χ4v) is 4.21. The van der Waals surface area contributed by atoms with Gasteiger partial charge in [0, 0.05) is 5.75 Å². The maximum absolute atomic E-state index is 13.0. The van der Waals surface area contributed by atoms with Crippen LogP contribution in [0, 0.1) is 16.7 Å². The van der Waals surface area contributed by atoms with Gasteiger partial charge in [-0.15, -0.1) is 5.10 Å². The van der Waals surface area contributed by atoms with Crippen LogP contribution in [0.4, 0.5) is 4.39 Å². The quantitative estimate of drug-likeness (QED) is 0.464. The minimum absolute atomic E-state index is 0.264. The van der Waals surface area contributed by atoms with Gasteiger partial charge in [-0.3, -0.25) is 0 Å². The van der Waals surface area contributed by atoms with Gasteiger partial charge in [-0.05, 0) is 49.0 Å². The van der Waals surface area contributed by atoms with E-state index in [1.165, 1.54) is 34.6 Å². The summed E-state index contributed by atoms with van der Waals surface area (Å²) in [5.74, 6) is 0.589. The maximum Gasteiger partial charge on any atom is 0.184 e. The van der Waals surface area contributed by atoms with E-state index >= 15 is 0 Å². The topological polar surface area (TPSA) is 17.8 Å². The van der Waals surface area contributed by atoms with Crippen molar-refractivity contribution in [3.63, 3.8) is 0 Å². The van der Waals surface area contributed by atoms with Crippen LogP contribution in [-0.4, -0.2) is 9.78 Å². The fourth-order valence-electron chi connectivity index (χ4n) is 1.89. The van der Waals surface area contributed by atoms with E-state index in [2.05, 4.69) is 36.3 Å². The van der Waals surface area contributed by atoms with Crippen molar-refractivity contribution >= 4 is 35.3 Å². The molecule has 3 aromatic rings. The van der Waals surface area contributed by atoms with Crippen LogP contribution in [0.1, 0.15) is 11.1 Å². The van der Waals surface area contributed by atoms with Crippen molar-refractivity contribution in [2.75, 3.05) is 0 Å². The molecule has 0 aliphatic rings. The molecule has 0 amide bonds. The number of thioether (sulfide) groups is 1. The molecule has 0 N–H and O–H groups in total. The van der Waals surface area contributed by atoms with Gasteiger partial charge in [0.25, 0.3) is 0 Å². The number of halogens is 1. The van der Waals surface area contributed by atoms with E-state index < -0.39 is 0 Å². The first-order chi connectivity index (χ1) is 10.6. The molecule has 3 rings (SSSR count). The number of rotatable bonds is 4. The van der Waals surface area contributed by atoms with E-state index in [9.17, 15) is 4.39 Å². The summed E-state index contributed by atoms with van der Waals surface area (Å²) < 4.78 is 16.2. The molecule has 0 saturated carbocycles. The highest BCUT2D eigenvalue weighted by molar-refractivity contribution is 8.00. The highest BCUT2D eigenvalue weighted by atomic mass is 32.2. The Labute approximate surface area is 141 Å². The summed E-state index contributed by atoms with van der Waals surface area (Å²) in [5, 5.41) is 4.51. The molecular weight excluding hydrogens is 335 g/mol. The van der Waals surface area contributed by atoms with E-state index in [1.54, 1.807) is 28.6 Å². The van der Waals surface area contributed by atoms with E-state index in [-0.39, 0.29) is 5.82 Å². The van der Waals surface area contributed by atoms with Crippen LogP contribution < -0.4 is 0 Å². The second kappa shape index (κ2) is 6.73. The van der Waals surface area contributed by atoms with Gasteiger partial charge in [-0.1, -0.05) is 52.9 Å². The lowest BCUT2D eigenvalue weighted by molar-refractivity contribution is 0.627. The minimum atomic E-state index is -0.264. The van der Waals surface area contributed by atoms with Gasteiger partial charge >= 0.3 is 0 Å². The highest BCUT2D eigenvalue weighted by Gasteiger charge is 2.07. The monoisotopic (exact) mass is 348 g/mol. The Hall–Kier alpha value is -1.50. The molecule has 1 aromatic heterocycles. The second-order valence-electron chi connectivity index (χ2n) is 4.80. The average molecular weight is 348 g/mol. The molecular formula is C16H13FN2S3. The summed E-state index contributed by atoms with van der Waals surface area (Å²) in [7, 11) is 0. The molecule has 6 heteroatoms. The third-order valence-electron chi connectivity index (χ3n) is 3.08. The van der Waals surface area contributed by atoms with Crippen LogP contribution in [-0.2, 0) is 5.75 Å². The van der Waals surface area contributed by atoms with Crippen LogP contribution in [0.15, 0.2) is 52.9 Å². The highest BCUT2D eigenvalue weighted by Crippen LogP contribution is 2.27. The molecule has 1 heterocycles. The maximum atomic E-state index is 13.0. The Kier molecular flexibility index (Phi) is 4.71. The van der Waals surface area contributed by atoms with E-state index in [0.717, 1.165) is 15.8 Å². The molecule has 112 valence electrons. The number of hydrogen-bond acceptors (Lipinski definition) is 4. The molecule has 0 aliphatic heterocycles. The third kappa shape index (κ3) is 3.63. The zero-order chi connectivity index (χ0) is 15.5. The molecule has 0 bridgehead atoms. The zero-order valence-electron chi connectivity index (χ0n) is 11.8. The first-order valence-electron chi connectivity index (χ1n) is 6.66. The molecule has 0 fully saturated rings. The number of nitrogens with zero attached hydrogens (tertiary/aromatic N) is 2. The van der Waals surface area contributed by atoms with Crippen molar-refractivity contribution in [1.29, 1.82) is 0 Å². The van der Waals surface area contributed by atoms with E-state index in [0.29, 0.717) is 3.95 Å². The molecule has 0 radical (unpaired) electrons. The van der Waals surface area contributed by atoms with Crippen molar-refractivity contribution in [3.05, 3.63) is 69.4 Å². The van der Waals surface area contributed by atoms with Gasteiger partial charge < -0.3 is 0 Å². The lowest BCUT2D eigenvalue weighted by atomic mass is 10.2. The van der Waals surface area contributed by atoms with Crippen molar-refractivity contribution < 1.29 is 4.39 Å². The predicted molar refractivity (Wildman–Crippen MR) is 93.0 cm³/mol. The number of benzene rings is 2. The summed E-state index contributed by atoms with van der Waals surface area (Å²) in [6.07, 6.45) is 0. The summed E-state index contributed by atoms with van der Waals surface area (Å²) >= 11 is 8.48. The SMILES string of the molecule is Cc1ccc(CSc2nn(-c3ccc(F)cc3)c(=S)s2)cc1. The van der Waals surface area contributed by atoms with Gasteiger partial charge in [0.15, 0.2) is 8.29 Å². The molecule has 0 atom stereocenters. The van der Waals surface area contributed by atoms with Crippen molar-refractivity contribution in [2.24, 2.45) is 0 Å². The fraction of sp³-hybridized carbons (Fsp3) is 0.125. The Morgan fingerprint density at radius 1 is 1.14 bits per heavy atom. The number of aryl methyl sites for hydroxylation is 1. The second-order valence-corrected chi connectivity index (χ2v) is 7.64. The van der Waals surface area contributed by atoms with Crippen LogP contribution >= 0.6 is 35.3 Å². The lowest BCUT2D eigenvalue weighted by Gasteiger charge is -2.01. The van der Waals surface area contributed by atoms with Crippen LogP contribution in [0.3, 0.4) is 0 Å². The Bertz CT molecular complexity index is 820. The lowest BCUT2D eigenvalue weighted by Crippen LogP contribution is -1.96. The van der Waals surface area contributed by atoms with Crippen LogP contribution in [0.5, 0.6) is 0 Å². The van der Waals surface area contributed by atoms with Gasteiger partial charge in [0.2, 0.25) is 0 Å². The summed E-state index contributed by atoms with van der Waals surface area (Å²) in [6.45, 7) is 2.08. The molecule has 2 nitrogen and oxygen atoms in total. The number of hydrogen-bond donors (Lipinski definition) is 0. The Balaban J connectivity index is 1.76. The minimum Gasteiger partial charge on any atom is -0.211 e. The number of aromatic nitrogens is 2. The largest absolute Gasteiger partial charge is 0.211 e. The van der Waals surface area contributed by atoms with Crippen LogP contribution in [0.2, 0.25) is 0 Å². The van der Waals surface area contributed by atoms with E-state index in [4.69, 9.17) is 12.2 Å². The molecule has 2 aromatic carbocycles. The molecule has 22 heavy (non-hydrogen) atoms. The average Bonchev–Trinajstić information content (AvgIpc) is 2.89. The van der Waals surface area contributed by atoms with Gasteiger partial charge in [-0.2, -0.15) is 0 Å². The first-order valence-corrected chi connectivity index (χ1v) is 8.87. The normalized spacial score (nSPS) is 10.8. The molecule has 0 unspecified atom stereocenters. The standard InChI is InChI=1S/C16H13FN2S3/c1-11-2-4-12(5-3-11)10-21-15-18-19(16(20)22-15)14-8-6-13(17)7-9-14/h2-9H,10H2,1H3. The smallest absolute Gasteiger partial charge is 0.184 e. The first kappa shape index (κ1) is 15.4. The predicted octanol–water partition coefficient (Wildman–Crippen LogP) is 5.40. The summed E-state index contributed by atoms with van der Waals surface area (Å²) in [4.78, 5) is 0. The molecule has 0 spiro atoms. The van der Waals surface area contributed by atoms with Gasteiger partial charge in [-0.25, -0.2) is 9.07 Å². The third-order valence-corrected chi connectivity index (χ3v) is 5.52. The van der Waals surface area contributed by atoms with Crippen molar-refractivity contribution in [3.8, 4) is 5.69 Å². The van der Waals surface area contributed by atoms with E-state index in [1.807, 2.05) is 0 Å². The van der Waals surface area contributed by atoms with Crippen molar-refractivity contribution in [2.45, 2.75) is 17.0 Å². The summed E-state index contributed by atoms with van der Waals surface area (Å²) in [5.41, 5.74) is 3.29. The van der Waals surface area contributed by atoms with Crippen LogP contribution in [0.25, 0.3) is 5.69 Å². The van der Waals surface area contributed by atoms with Gasteiger partial charge in [0.1, 0.15) is 5.82 Å². The summed E-state index contributed by atoms with van der Waals surface area (Å²) in [6, 6.07) is 14.6. The molecule has 0 saturated heterocycles. The zero-order valence-corrected chi connectivity index (χ0v) is 14.3. The van der Waals surface area contributed by atoms with Crippen molar-refractivity contribution in [1.82, 2.24) is 9.78 Å².